The third-order valence-electron chi connectivity index (χ3n) is 22.4. The predicted octanol–water partition coefficient (Wildman–Crippen LogP) is 28.5. The Kier molecular flexibility index (Phi) is 20.0. The molecule has 0 N–H and O–H groups in total. The molecule has 0 spiro atoms. The number of nitrogens with zero attached hydrogens (tertiary/aromatic N) is 4. The van der Waals surface area contributed by atoms with E-state index in [1.807, 2.05) is 0 Å². The summed E-state index contributed by atoms with van der Waals surface area (Å²) in [6, 6.07) is 81.0. The minimum atomic E-state index is 1.01. The van der Waals surface area contributed by atoms with Gasteiger partial charge in [0.05, 0.1) is 0 Å². The normalized spacial score (nSPS) is 12.2. The van der Waals surface area contributed by atoms with Crippen LogP contribution in [0.4, 0.5) is 0 Å². The van der Waals surface area contributed by atoms with Gasteiger partial charge in [-0.15, -0.1) is 0 Å². The van der Waals surface area contributed by atoms with Gasteiger partial charge in [-0.1, -0.05) is 277 Å². The Hall–Kier alpha value is -8.86. The number of unbranched alkanes of at least 4 members (excludes halogenated alkanes) is 20. The number of rotatable bonds is 32. The van der Waals surface area contributed by atoms with Gasteiger partial charge in [-0.05, 0) is 177 Å². The molecule has 0 unspecified atom stereocenters. The summed E-state index contributed by atoms with van der Waals surface area (Å²) in [5.41, 5.74) is 20.9. The molecule has 0 radical (unpaired) electrons. The summed E-state index contributed by atoms with van der Waals surface area (Å²) < 4.78 is 10.5. The average molecular weight is 1290 g/mol. The van der Waals surface area contributed by atoms with Crippen LogP contribution in [0.25, 0.3) is 153 Å². The summed E-state index contributed by atoms with van der Waals surface area (Å²) in [5, 5.41) is 15.9. The molecule has 0 aliphatic carbocycles. The van der Waals surface area contributed by atoms with Gasteiger partial charge in [0, 0.05) is 113 Å². The Morgan fingerprint density at radius 3 is 0.633 bits per heavy atom. The molecule has 15 rings (SSSR count). The van der Waals surface area contributed by atoms with E-state index in [0.717, 1.165) is 26.2 Å². The summed E-state index contributed by atoms with van der Waals surface area (Å²) >= 11 is 0. The van der Waals surface area contributed by atoms with Crippen LogP contribution in [0.3, 0.4) is 0 Å². The lowest BCUT2D eigenvalue weighted by Gasteiger charge is -2.18. The smallest absolute Gasteiger partial charge is 0.0491 e. The molecule has 0 aliphatic rings. The molecule has 4 nitrogen and oxygen atoms in total. The maximum absolute atomic E-state index is 2.65. The van der Waals surface area contributed by atoms with E-state index in [4.69, 9.17) is 0 Å². The fourth-order valence-corrected chi connectivity index (χ4v) is 17.3. The van der Waals surface area contributed by atoms with E-state index >= 15 is 0 Å². The summed E-state index contributed by atoms with van der Waals surface area (Å²) in [7, 11) is 0. The van der Waals surface area contributed by atoms with Crippen LogP contribution in [0, 0.1) is 0 Å². The van der Waals surface area contributed by atoms with E-state index in [1.54, 1.807) is 0 Å². The molecule has 98 heavy (non-hydrogen) atoms. The van der Waals surface area contributed by atoms with Crippen molar-refractivity contribution < 1.29 is 0 Å². The molecule has 11 aromatic carbocycles. The lowest BCUT2D eigenvalue weighted by molar-refractivity contribution is 0.571. The second kappa shape index (κ2) is 30.1. The fraction of sp³-hybridized carbons (Fsp3) is 0.340. The van der Waals surface area contributed by atoms with Gasteiger partial charge in [0.1, 0.15) is 0 Å². The van der Waals surface area contributed by atoms with Crippen molar-refractivity contribution in [3.05, 3.63) is 206 Å². The first kappa shape index (κ1) is 65.1. The lowest BCUT2D eigenvalue weighted by atomic mass is 9.85. The molecule has 0 aliphatic heterocycles. The van der Waals surface area contributed by atoms with Crippen LogP contribution in [-0.2, 0) is 26.2 Å². The second-order valence-corrected chi connectivity index (χ2v) is 28.9. The molecule has 0 atom stereocenters. The van der Waals surface area contributed by atoms with Gasteiger partial charge >= 0.3 is 0 Å². The number of hydrogen-bond acceptors (Lipinski definition) is 0. The highest BCUT2D eigenvalue weighted by atomic mass is 15.0. The van der Waals surface area contributed by atoms with E-state index in [-0.39, 0.29) is 0 Å². The number of para-hydroxylation sites is 2. The van der Waals surface area contributed by atoms with Gasteiger partial charge in [-0.3, -0.25) is 0 Å². The van der Waals surface area contributed by atoms with Gasteiger partial charge in [0.2, 0.25) is 0 Å². The molecule has 4 heterocycles. The minimum Gasteiger partial charge on any atom is -0.340 e. The zero-order valence-corrected chi connectivity index (χ0v) is 59.2. The monoisotopic (exact) mass is 1290 g/mol. The number of benzene rings is 11. The Labute approximate surface area is 582 Å². The highest BCUT2D eigenvalue weighted by molar-refractivity contribution is 6.24. The lowest BCUT2D eigenvalue weighted by Crippen LogP contribution is -1.98. The van der Waals surface area contributed by atoms with Crippen LogP contribution in [0.2, 0.25) is 0 Å². The van der Waals surface area contributed by atoms with Gasteiger partial charge < -0.3 is 18.3 Å². The second-order valence-electron chi connectivity index (χ2n) is 28.9. The van der Waals surface area contributed by atoms with Crippen LogP contribution in [0.5, 0.6) is 0 Å². The molecule has 0 saturated heterocycles. The standard InChI is InChI=1S/C94H102N4/c1-5-9-13-17-21-33-57-95-85-43-31-29-37-73(85)79-61-67(45-51-87(79)95)69-47-53-89-81(63-69)83-65-71(49-55-91(83)97(89)59-35-23-19-15-11-7-3)93-75-39-25-27-41-77(75)94(78-42-28-26-40-76(78)93)72-50-56-92-84(66-72)82-64-70(48-54-90(82)98(92)60-36-24-20-16-12-8-4)68-46-52-88-80(62-68)74-38-30-32-44-86(74)96(88)58-34-22-18-14-10-6-2/h25-32,37-56,61-66H,5-24,33-36,57-60H2,1-4H3. The topological polar surface area (TPSA) is 19.7 Å². The van der Waals surface area contributed by atoms with Crippen LogP contribution in [-0.4, -0.2) is 18.3 Å². The maximum atomic E-state index is 2.65. The average Bonchev–Trinajstić information content (AvgIpc) is 1.61. The summed E-state index contributed by atoms with van der Waals surface area (Å²) in [6.07, 6.45) is 30.9. The number of aromatic nitrogens is 4. The van der Waals surface area contributed by atoms with Crippen molar-refractivity contribution in [2.24, 2.45) is 0 Å². The number of aryl methyl sites for hydroxylation is 4. The highest BCUT2D eigenvalue weighted by Crippen LogP contribution is 2.47. The zero-order chi connectivity index (χ0) is 66.3. The molecular formula is C94H102N4. The SMILES string of the molecule is CCCCCCCCn1c2ccccc2c2cc(-c3ccc4c(c3)c3cc(-c5c6ccccc6c(-c6ccc7c(c6)c6cc(-c8ccc9c(c8)c8ccccc8n9CCCCCCCC)ccc6n7CCCCCCCC)c6ccccc56)ccc3n4CCCCCCCC)ccc21. The van der Waals surface area contributed by atoms with E-state index < -0.39 is 0 Å². The number of hydrogen-bond donors (Lipinski definition) is 0. The largest absolute Gasteiger partial charge is 0.340 e. The third kappa shape index (κ3) is 12.8. The van der Waals surface area contributed by atoms with Crippen LogP contribution < -0.4 is 0 Å². The van der Waals surface area contributed by atoms with E-state index in [9.17, 15) is 0 Å². The van der Waals surface area contributed by atoms with Gasteiger partial charge in [-0.2, -0.15) is 0 Å². The van der Waals surface area contributed by atoms with Crippen LogP contribution >= 0.6 is 0 Å². The fourth-order valence-electron chi connectivity index (χ4n) is 17.3. The Balaban J connectivity index is 0.833. The summed E-state index contributed by atoms with van der Waals surface area (Å²) in [6.45, 7) is 13.4. The molecule has 4 heteroatoms. The summed E-state index contributed by atoms with van der Waals surface area (Å²) in [5.74, 6) is 0. The van der Waals surface area contributed by atoms with Gasteiger partial charge in [0.15, 0.2) is 0 Å². The maximum Gasteiger partial charge on any atom is 0.0491 e. The Bertz CT molecular complexity index is 4920. The Morgan fingerprint density at radius 1 is 0.173 bits per heavy atom. The molecule has 498 valence electrons. The van der Waals surface area contributed by atoms with E-state index in [1.165, 1.54) is 307 Å². The van der Waals surface area contributed by atoms with Crippen molar-refractivity contribution >= 4 is 109 Å². The quantitative estimate of drug-likeness (QED) is 0.0296. The van der Waals surface area contributed by atoms with Crippen LogP contribution in [0.15, 0.2) is 206 Å². The van der Waals surface area contributed by atoms with E-state index in [0.29, 0.717) is 0 Å². The predicted molar refractivity (Wildman–Crippen MR) is 429 cm³/mol. The molecule has 4 aromatic heterocycles. The van der Waals surface area contributed by atoms with Crippen molar-refractivity contribution in [3.8, 4) is 44.5 Å². The summed E-state index contributed by atoms with van der Waals surface area (Å²) in [4.78, 5) is 0. The molecule has 0 amide bonds. The van der Waals surface area contributed by atoms with Gasteiger partial charge in [0.25, 0.3) is 0 Å². The first-order valence-corrected chi connectivity index (χ1v) is 38.6. The molecule has 0 saturated carbocycles. The van der Waals surface area contributed by atoms with Crippen molar-refractivity contribution in [2.45, 2.75) is 208 Å². The van der Waals surface area contributed by atoms with Crippen molar-refractivity contribution in [1.82, 2.24) is 18.3 Å². The molecule has 15 aromatic rings. The first-order valence-electron chi connectivity index (χ1n) is 38.6. The van der Waals surface area contributed by atoms with Crippen molar-refractivity contribution in [1.29, 1.82) is 0 Å². The number of fused-ring (bicyclic) bond motifs is 14. The highest BCUT2D eigenvalue weighted by Gasteiger charge is 2.23. The molecule has 0 fully saturated rings. The van der Waals surface area contributed by atoms with Crippen molar-refractivity contribution in [3.63, 3.8) is 0 Å². The Morgan fingerprint density at radius 2 is 0.367 bits per heavy atom. The first-order chi connectivity index (χ1) is 48.5. The molecule has 0 bridgehead atoms. The minimum absolute atomic E-state index is 1.01. The van der Waals surface area contributed by atoms with Gasteiger partial charge in [-0.25, -0.2) is 0 Å². The zero-order valence-electron chi connectivity index (χ0n) is 59.2. The molecular weight excluding hydrogens is 1190 g/mol. The van der Waals surface area contributed by atoms with E-state index in [2.05, 4.69) is 252 Å². The van der Waals surface area contributed by atoms with Crippen LogP contribution in [0.1, 0.15) is 182 Å². The van der Waals surface area contributed by atoms with Crippen molar-refractivity contribution in [2.75, 3.05) is 0 Å². The third-order valence-corrected chi connectivity index (χ3v) is 22.4.